The quantitative estimate of drug-likeness (QED) is 0.809. The molecule has 4 heterocycles. The minimum Gasteiger partial charge on any atom is -0.374 e. The van der Waals surface area contributed by atoms with Gasteiger partial charge in [-0.1, -0.05) is 0 Å². The van der Waals surface area contributed by atoms with Crippen LogP contribution in [0.4, 0.5) is 0 Å². The van der Waals surface area contributed by atoms with Crippen LogP contribution < -0.4 is 0 Å². The number of imidazole rings is 1. The first kappa shape index (κ1) is 14.9. The fraction of sp³-hybridized carbons (Fsp3) is 0.625. The lowest BCUT2D eigenvalue weighted by Crippen LogP contribution is -2.50. The van der Waals surface area contributed by atoms with Crippen LogP contribution >= 0.6 is 0 Å². The molecule has 2 aromatic heterocycles. The van der Waals surface area contributed by atoms with Crippen molar-refractivity contribution in [2.24, 2.45) is 14.1 Å². The van der Waals surface area contributed by atoms with Crippen molar-refractivity contribution in [2.75, 3.05) is 26.2 Å². The standard InChI is InChI=1S/C16H24N6O/c1-19-4-3-17-16(19)12-21-10-14-15(11-21)23-6-5-22(14)9-13-7-18-20(2)8-13/h3-4,7-8,14-15H,5-6,9-12H2,1-2H3/t14-,15+/m0/s1. The van der Waals surface area contributed by atoms with Crippen LogP contribution in [0.2, 0.25) is 0 Å². The van der Waals surface area contributed by atoms with Gasteiger partial charge in [0.2, 0.25) is 0 Å². The summed E-state index contributed by atoms with van der Waals surface area (Å²) in [5, 5.41) is 4.28. The summed E-state index contributed by atoms with van der Waals surface area (Å²) in [4.78, 5) is 9.44. The van der Waals surface area contributed by atoms with E-state index in [0.29, 0.717) is 12.1 Å². The molecule has 0 spiro atoms. The third-order valence-electron chi connectivity index (χ3n) is 4.92. The number of aryl methyl sites for hydroxylation is 2. The SMILES string of the molecule is Cn1cc(CN2CCO[C@@H]3CN(Cc4nccn4C)C[C@@H]32)cn1. The van der Waals surface area contributed by atoms with E-state index in [0.717, 1.165) is 45.2 Å². The van der Waals surface area contributed by atoms with Gasteiger partial charge in [0.1, 0.15) is 5.82 Å². The molecule has 2 saturated heterocycles. The fourth-order valence-corrected chi connectivity index (χ4v) is 3.70. The van der Waals surface area contributed by atoms with E-state index >= 15 is 0 Å². The van der Waals surface area contributed by atoms with E-state index in [2.05, 4.69) is 37.7 Å². The van der Waals surface area contributed by atoms with Gasteiger partial charge in [-0.3, -0.25) is 14.5 Å². The Bertz CT molecular complexity index is 665. The number of fused-ring (bicyclic) bond motifs is 1. The Morgan fingerprint density at radius 3 is 2.91 bits per heavy atom. The normalized spacial score (nSPS) is 25.8. The van der Waals surface area contributed by atoms with Crippen molar-refractivity contribution in [3.63, 3.8) is 0 Å². The Morgan fingerprint density at radius 2 is 2.17 bits per heavy atom. The molecule has 2 aliphatic rings. The lowest BCUT2D eigenvalue weighted by molar-refractivity contribution is -0.0504. The molecule has 124 valence electrons. The largest absolute Gasteiger partial charge is 0.374 e. The van der Waals surface area contributed by atoms with E-state index in [1.54, 1.807) is 0 Å². The van der Waals surface area contributed by atoms with E-state index < -0.39 is 0 Å². The van der Waals surface area contributed by atoms with Crippen LogP contribution in [0, 0.1) is 0 Å². The van der Waals surface area contributed by atoms with E-state index in [9.17, 15) is 0 Å². The molecule has 0 amide bonds. The molecule has 23 heavy (non-hydrogen) atoms. The molecule has 7 nitrogen and oxygen atoms in total. The number of likely N-dealkylation sites (tertiary alicyclic amines) is 1. The summed E-state index contributed by atoms with van der Waals surface area (Å²) in [5.41, 5.74) is 1.27. The van der Waals surface area contributed by atoms with Gasteiger partial charge in [-0.2, -0.15) is 5.10 Å². The zero-order valence-electron chi connectivity index (χ0n) is 13.8. The summed E-state index contributed by atoms with van der Waals surface area (Å²) in [6, 6.07) is 0.462. The van der Waals surface area contributed by atoms with Crippen LogP contribution in [0.15, 0.2) is 24.8 Å². The number of ether oxygens (including phenoxy) is 1. The van der Waals surface area contributed by atoms with Crippen molar-refractivity contribution in [1.82, 2.24) is 29.1 Å². The maximum Gasteiger partial charge on any atom is 0.122 e. The lowest BCUT2D eigenvalue weighted by atomic mass is 10.1. The molecule has 0 unspecified atom stereocenters. The highest BCUT2D eigenvalue weighted by Crippen LogP contribution is 2.25. The van der Waals surface area contributed by atoms with Gasteiger partial charge in [0.05, 0.1) is 31.5 Å². The average molecular weight is 316 g/mol. The summed E-state index contributed by atoms with van der Waals surface area (Å²) in [6.45, 7) is 5.68. The molecule has 0 saturated carbocycles. The highest BCUT2D eigenvalue weighted by atomic mass is 16.5. The predicted molar refractivity (Wildman–Crippen MR) is 85.6 cm³/mol. The van der Waals surface area contributed by atoms with Gasteiger partial charge in [0.25, 0.3) is 0 Å². The second kappa shape index (κ2) is 6.07. The van der Waals surface area contributed by atoms with E-state index in [4.69, 9.17) is 4.74 Å². The van der Waals surface area contributed by atoms with Crippen LogP contribution in [-0.2, 0) is 31.9 Å². The summed E-state index contributed by atoms with van der Waals surface area (Å²) in [7, 11) is 4.02. The first-order chi connectivity index (χ1) is 11.2. The predicted octanol–water partition coefficient (Wildman–Crippen LogP) is 0.239. The molecule has 0 N–H and O–H groups in total. The van der Waals surface area contributed by atoms with Gasteiger partial charge in [0.15, 0.2) is 0 Å². The minimum atomic E-state index is 0.306. The number of nitrogens with zero attached hydrogens (tertiary/aromatic N) is 6. The minimum absolute atomic E-state index is 0.306. The highest BCUT2D eigenvalue weighted by Gasteiger charge is 2.40. The molecule has 0 radical (unpaired) electrons. The van der Waals surface area contributed by atoms with Gasteiger partial charge in [-0.15, -0.1) is 0 Å². The van der Waals surface area contributed by atoms with Crippen molar-refractivity contribution < 1.29 is 4.74 Å². The number of morpholine rings is 1. The van der Waals surface area contributed by atoms with Crippen LogP contribution in [0.1, 0.15) is 11.4 Å². The molecule has 2 atom stereocenters. The highest BCUT2D eigenvalue weighted by molar-refractivity contribution is 5.06. The monoisotopic (exact) mass is 316 g/mol. The van der Waals surface area contributed by atoms with Gasteiger partial charge in [-0.25, -0.2) is 4.98 Å². The molecule has 2 aromatic rings. The zero-order chi connectivity index (χ0) is 15.8. The Labute approximate surface area is 136 Å². The van der Waals surface area contributed by atoms with Gasteiger partial charge in [0, 0.05) is 64.4 Å². The second-order valence-electron chi connectivity index (χ2n) is 6.62. The summed E-state index contributed by atoms with van der Waals surface area (Å²) >= 11 is 0. The number of hydrogen-bond donors (Lipinski definition) is 0. The number of aromatic nitrogens is 4. The molecule has 0 aliphatic carbocycles. The molecular weight excluding hydrogens is 292 g/mol. The Hall–Kier alpha value is -1.70. The second-order valence-corrected chi connectivity index (χ2v) is 6.62. The molecule has 0 bridgehead atoms. The van der Waals surface area contributed by atoms with Crippen LogP contribution in [-0.4, -0.2) is 67.5 Å². The maximum absolute atomic E-state index is 6.02. The smallest absolute Gasteiger partial charge is 0.122 e. The van der Waals surface area contributed by atoms with Crippen molar-refractivity contribution in [3.8, 4) is 0 Å². The van der Waals surface area contributed by atoms with E-state index in [1.807, 2.05) is 30.3 Å². The third kappa shape index (κ3) is 3.04. The van der Waals surface area contributed by atoms with Crippen molar-refractivity contribution >= 4 is 0 Å². The molecule has 2 fully saturated rings. The van der Waals surface area contributed by atoms with Crippen LogP contribution in [0.3, 0.4) is 0 Å². The van der Waals surface area contributed by atoms with Crippen molar-refractivity contribution in [1.29, 1.82) is 0 Å². The van der Waals surface area contributed by atoms with Gasteiger partial charge in [-0.05, 0) is 0 Å². The van der Waals surface area contributed by atoms with E-state index in [1.165, 1.54) is 5.56 Å². The first-order valence-electron chi connectivity index (χ1n) is 8.21. The number of rotatable bonds is 4. The molecule has 7 heteroatoms. The average Bonchev–Trinajstić information content (AvgIpc) is 3.22. The Morgan fingerprint density at radius 1 is 1.26 bits per heavy atom. The summed E-state index contributed by atoms with van der Waals surface area (Å²) < 4.78 is 9.99. The molecule has 4 rings (SSSR count). The fourth-order valence-electron chi connectivity index (χ4n) is 3.70. The number of hydrogen-bond acceptors (Lipinski definition) is 5. The van der Waals surface area contributed by atoms with E-state index in [-0.39, 0.29) is 0 Å². The summed E-state index contributed by atoms with van der Waals surface area (Å²) in [6.07, 6.45) is 8.24. The first-order valence-corrected chi connectivity index (χ1v) is 8.21. The van der Waals surface area contributed by atoms with Gasteiger partial charge >= 0.3 is 0 Å². The van der Waals surface area contributed by atoms with Crippen LogP contribution in [0.25, 0.3) is 0 Å². The van der Waals surface area contributed by atoms with Crippen molar-refractivity contribution in [3.05, 3.63) is 36.2 Å². The van der Waals surface area contributed by atoms with Gasteiger partial charge < -0.3 is 9.30 Å². The Balaban J connectivity index is 1.42. The lowest BCUT2D eigenvalue weighted by Gasteiger charge is -2.36. The zero-order valence-corrected chi connectivity index (χ0v) is 13.8. The summed E-state index contributed by atoms with van der Waals surface area (Å²) in [5.74, 6) is 1.11. The molecule has 0 aromatic carbocycles. The Kier molecular flexibility index (Phi) is 3.92. The maximum atomic E-state index is 6.02. The topological polar surface area (TPSA) is 51.4 Å². The third-order valence-corrected chi connectivity index (χ3v) is 4.92. The molecule has 2 aliphatic heterocycles. The molecular formula is C16H24N6O. The van der Waals surface area contributed by atoms with Crippen LogP contribution in [0.5, 0.6) is 0 Å². The van der Waals surface area contributed by atoms with Crippen molar-refractivity contribution in [2.45, 2.75) is 25.2 Å².